The number of anilines is 1. The van der Waals surface area contributed by atoms with Crippen LogP contribution >= 0.6 is 11.6 Å². The molecule has 1 aromatic rings. The number of halogens is 1. The average Bonchev–Trinajstić information content (AvgIpc) is 2.27. The first-order chi connectivity index (χ1) is 10.3. The molecule has 7 nitrogen and oxygen atoms in total. The number of aromatic nitrogens is 2. The maximum absolute atomic E-state index is 12.4. The summed E-state index contributed by atoms with van der Waals surface area (Å²) in [7, 11) is 0. The quantitative estimate of drug-likeness (QED) is 0.713. The van der Waals surface area contributed by atoms with Crippen LogP contribution in [0.25, 0.3) is 0 Å². The van der Waals surface area contributed by atoms with Crippen molar-refractivity contribution in [2.45, 2.75) is 59.7 Å². The first kappa shape index (κ1) is 19.2. The molecule has 0 aliphatic rings. The van der Waals surface area contributed by atoms with Crippen LogP contribution in [0.5, 0.6) is 0 Å². The molecule has 0 aliphatic carbocycles. The predicted octanol–water partition coefficient (Wildman–Crippen LogP) is 4.12. The normalized spacial score (nSPS) is 11.8. The first-order valence-corrected chi connectivity index (χ1v) is 7.43. The van der Waals surface area contributed by atoms with Gasteiger partial charge in [-0.3, -0.25) is 0 Å². The molecule has 23 heavy (non-hydrogen) atoms. The third-order valence-corrected chi connectivity index (χ3v) is 2.52. The molecular formula is C15H22ClN3O4. The summed E-state index contributed by atoms with van der Waals surface area (Å²) < 4.78 is 10.5. The van der Waals surface area contributed by atoms with Crippen LogP contribution in [0, 0.1) is 6.92 Å². The number of ether oxygens (including phenoxy) is 2. The molecule has 0 saturated heterocycles. The Morgan fingerprint density at radius 1 is 1.04 bits per heavy atom. The largest absolute Gasteiger partial charge is 0.443 e. The monoisotopic (exact) mass is 343 g/mol. The van der Waals surface area contributed by atoms with Gasteiger partial charge >= 0.3 is 12.2 Å². The van der Waals surface area contributed by atoms with Crippen molar-refractivity contribution < 1.29 is 19.1 Å². The minimum atomic E-state index is -0.916. The van der Waals surface area contributed by atoms with Crippen molar-refractivity contribution in [2.24, 2.45) is 0 Å². The molecule has 2 amide bonds. The van der Waals surface area contributed by atoms with E-state index in [-0.39, 0.29) is 10.8 Å². The van der Waals surface area contributed by atoms with Crippen LogP contribution in [0.15, 0.2) is 6.20 Å². The Hall–Kier alpha value is -1.89. The maximum atomic E-state index is 12.4. The lowest BCUT2D eigenvalue weighted by Crippen LogP contribution is -2.44. The number of aryl methyl sites for hydroxylation is 1. The SMILES string of the molecule is Cc1ncc(N(C(=O)OC(C)(C)C)C(=O)OC(C)(C)C)c(Cl)n1. The van der Waals surface area contributed by atoms with Gasteiger partial charge in [-0.05, 0) is 48.5 Å². The molecule has 0 bridgehead atoms. The van der Waals surface area contributed by atoms with E-state index in [0.717, 1.165) is 0 Å². The van der Waals surface area contributed by atoms with Crippen molar-refractivity contribution in [2.75, 3.05) is 4.90 Å². The Morgan fingerprint density at radius 2 is 1.48 bits per heavy atom. The van der Waals surface area contributed by atoms with Crippen LogP contribution in [0.1, 0.15) is 47.4 Å². The van der Waals surface area contributed by atoms with Crippen molar-refractivity contribution in [1.29, 1.82) is 0 Å². The van der Waals surface area contributed by atoms with E-state index in [9.17, 15) is 9.59 Å². The van der Waals surface area contributed by atoms with E-state index in [1.807, 2.05) is 0 Å². The summed E-state index contributed by atoms with van der Waals surface area (Å²) in [5, 5.41) is -0.0470. The molecule has 1 heterocycles. The molecule has 128 valence electrons. The Labute approximate surface area is 140 Å². The van der Waals surface area contributed by atoms with Crippen molar-refractivity contribution in [1.82, 2.24) is 9.97 Å². The number of nitrogens with zero attached hydrogens (tertiary/aromatic N) is 3. The van der Waals surface area contributed by atoms with Gasteiger partial charge in [0.15, 0.2) is 5.15 Å². The van der Waals surface area contributed by atoms with Gasteiger partial charge in [0.2, 0.25) is 0 Å². The molecule has 0 aromatic carbocycles. The lowest BCUT2D eigenvalue weighted by molar-refractivity contribution is 0.0430. The molecule has 1 rings (SSSR count). The zero-order valence-electron chi connectivity index (χ0n) is 14.4. The number of rotatable bonds is 1. The van der Waals surface area contributed by atoms with E-state index >= 15 is 0 Å². The van der Waals surface area contributed by atoms with Gasteiger partial charge < -0.3 is 9.47 Å². The molecule has 0 radical (unpaired) electrons. The van der Waals surface area contributed by atoms with Crippen LogP contribution in [0.3, 0.4) is 0 Å². The van der Waals surface area contributed by atoms with Crippen LogP contribution in [0.2, 0.25) is 5.15 Å². The molecule has 0 aliphatic heterocycles. The van der Waals surface area contributed by atoms with Crippen molar-refractivity contribution in [3.63, 3.8) is 0 Å². The molecule has 1 aromatic heterocycles. The van der Waals surface area contributed by atoms with Gasteiger partial charge in [-0.25, -0.2) is 19.6 Å². The minimum absolute atomic E-state index is 0.000710. The molecule has 0 unspecified atom stereocenters. The lowest BCUT2D eigenvalue weighted by Gasteiger charge is -2.28. The third kappa shape index (κ3) is 6.02. The van der Waals surface area contributed by atoms with Crippen molar-refractivity contribution in [3.8, 4) is 0 Å². The van der Waals surface area contributed by atoms with E-state index < -0.39 is 23.4 Å². The molecule has 0 N–H and O–H groups in total. The lowest BCUT2D eigenvalue weighted by atomic mass is 10.2. The summed E-state index contributed by atoms with van der Waals surface area (Å²) in [5.41, 5.74) is -1.59. The standard InChI is InChI=1S/C15H22ClN3O4/c1-9-17-8-10(11(16)18-9)19(12(20)22-14(2,3)4)13(21)23-15(5,6)7/h8H,1-7H3. The van der Waals surface area contributed by atoms with Crippen molar-refractivity contribution in [3.05, 3.63) is 17.2 Å². The highest BCUT2D eigenvalue weighted by molar-refractivity contribution is 6.33. The summed E-state index contributed by atoms with van der Waals surface area (Å²) in [6.07, 6.45) is -0.555. The number of amides is 2. The Balaban J connectivity index is 3.25. The highest BCUT2D eigenvalue weighted by Crippen LogP contribution is 2.26. The molecule has 8 heteroatoms. The van der Waals surface area contributed by atoms with E-state index in [1.54, 1.807) is 48.5 Å². The average molecular weight is 344 g/mol. The first-order valence-electron chi connectivity index (χ1n) is 7.05. The second kappa shape index (κ2) is 6.70. The van der Waals surface area contributed by atoms with E-state index in [2.05, 4.69) is 9.97 Å². The fourth-order valence-corrected chi connectivity index (χ4v) is 1.73. The predicted molar refractivity (Wildman–Crippen MR) is 86.7 cm³/mol. The van der Waals surface area contributed by atoms with Gasteiger partial charge in [0.25, 0.3) is 0 Å². The van der Waals surface area contributed by atoms with Gasteiger partial charge in [0.05, 0.1) is 6.20 Å². The summed E-state index contributed by atoms with van der Waals surface area (Å²) in [5.74, 6) is 0.409. The third-order valence-electron chi connectivity index (χ3n) is 2.24. The second-order valence-corrected chi connectivity index (χ2v) is 7.25. The number of imide groups is 1. The molecule has 0 spiro atoms. The van der Waals surface area contributed by atoms with Crippen molar-refractivity contribution >= 4 is 29.5 Å². The minimum Gasteiger partial charge on any atom is -0.443 e. The van der Waals surface area contributed by atoms with Gasteiger partial charge in [0.1, 0.15) is 22.7 Å². The number of carbonyl (C=O) groups excluding carboxylic acids is 2. The van der Waals surface area contributed by atoms with Crippen LogP contribution in [-0.2, 0) is 9.47 Å². The maximum Gasteiger partial charge on any atom is 0.424 e. The Morgan fingerprint density at radius 3 is 1.83 bits per heavy atom. The van der Waals surface area contributed by atoms with Crippen LogP contribution in [0.4, 0.5) is 15.3 Å². The highest BCUT2D eigenvalue weighted by atomic mass is 35.5. The Bertz CT molecular complexity index is 578. The van der Waals surface area contributed by atoms with Crippen LogP contribution < -0.4 is 4.90 Å². The number of carbonyl (C=O) groups is 2. The second-order valence-electron chi connectivity index (χ2n) is 6.89. The summed E-state index contributed by atoms with van der Waals surface area (Å²) >= 11 is 6.05. The number of hydrogen-bond donors (Lipinski definition) is 0. The fourth-order valence-electron chi connectivity index (χ4n) is 1.47. The summed E-state index contributed by atoms with van der Waals surface area (Å²) in [6.45, 7) is 11.8. The molecular weight excluding hydrogens is 322 g/mol. The molecule has 0 saturated carbocycles. The van der Waals surface area contributed by atoms with E-state index in [1.165, 1.54) is 6.20 Å². The topological polar surface area (TPSA) is 81.6 Å². The van der Waals surface area contributed by atoms with E-state index in [4.69, 9.17) is 21.1 Å². The van der Waals surface area contributed by atoms with Gasteiger partial charge in [-0.1, -0.05) is 11.6 Å². The Kier molecular flexibility index (Phi) is 5.58. The molecule has 0 atom stereocenters. The number of hydrogen-bond acceptors (Lipinski definition) is 6. The van der Waals surface area contributed by atoms with Gasteiger partial charge in [-0.15, -0.1) is 0 Å². The summed E-state index contributed by atoms with van der Waals surface area (Å²) in [4.78, 5) is 33.4. The smallest absolute Gasteiger partial charge is 0.424 e. The molecule has 0 fully saturated rings. The highest BCUT2D eigenvalue weighted by Gasteiger charge is 2.34. The van der Waals surface area contributed by atoms with Crippen LogP contribution in [-0.4, -0.2) is 33.4 Å². The fraction of sp³-hybridized carbons (Fsp3) is 0.600. The van der Waals surface area contributed by atoms with Gasteiger partial charge in [0, 0.05) is 0 Å². The summed E-state index contributed by atoms with van der Waals surface area (Å²) in [6, 6.07) is 0. The zero-order chi connectivity index (χ0) is 18.0. The van der Waals surface area contributed by atoms with Gasteiger partial charge in [-0.2, -0.15) is 4.90 Å². The zero-order valence-corrected chi connectivity index (χ0v) is 15.2. The van der Waals surface area contributed by atoms with E-state index in [0.29, 0.717) is 10.7 Å².